The number of hydrogen-bond donors (Lipinski definition) is 0. The molecular formula is C15H25N5O2S. The van der Waals surface area contributed by atoms with Crippen LogP contribution in [0, 0.1) is 20.8 Å². The van der Waals surface area contributed by atoms with Crippen molar-refractivity contribution in [2.45, 2.75) is 52.1 Å². The fraction of sp³-hybridized carbons (Fsp3) is 0.600. The van der Waals surface area contributed by atoms with Crippen LogP contribution in [0.3, 0.4) is 0 Å². The molecule has 8 heteroatoms. The molecule has 7 nitrogen and oxygen atoms in total. The summed E-state index contributed by atoms with van der Waals surface area (Å²) in [5.41, 5.74) is 2.98. The normalized spacial score (nSPS) is 12.3. The lowest BCUT2D eigenvalue weighted by Gasteiger charge is -2.17. The molecule has 2 rings (SSSR count). The third-order valence-electron chi connectivity index (χ3n) is 3.93. The highest BCUT2D eigenvalue weighted by Gasteiger charge is 2.29. The average Bonchev–Trinajstić information content (AvgIpc) is 2.90. The molecule has 0 spiro atoms. The summed E-state index contributed by atoms with van der Waals surface area (Å²) in [5.74, 6) is 0. The Hall–Kier alpha value is -1.67. The van der Waals surface area contributed by atoms with Gasteiger partial charge < -0.3 is 0 Å². The van der Waals surface area contributed by atoms with Gasteiger partial charge in [0.25, 0.3) is 0 Å². The molecule has 0 aromatic carbocycles. The Morgan fingerprint density at radius 3 is 2.35 bits per heavy atom. The molecule has 0 radical (unpaired) electrons. The second-order valence-corrected chi connectivity index (χ2v) is 7.88. The molecule has 2 aromatic rings. The van der Waals surface area contributed by atoms with E-state index in [-0.39, 0.29) is 0 Å². The van der Waals surface area contributed by atoms with Crippen molar-refractivity contribution >= 4 is 10.0 Å². The summed E-state index contributed by atoms with van der Waals surface area (Å²) in [5, 5.41) is 8.63. The molecule has 0 N–H and O–H groups in total. The second kappa shape index (κ2) is 6.45. The van der Waals surface area contributed by atoms with Gasteiger partial charge >= 0.3 is 0 Å². The lowest BCUT2D eigenvalue weighted by atomic mass is 10.3. The van der Waals surface area contributed by atoms with E-state index in [4.69, 9.17) is 0 Å². The molecule has 0 unspecified atom stereocenters. The van der Waals surface area contributed by atoms with Crippen LogP contribution in [-0.4, -0.2) is 39.3 Å². The van der Waals surface area contributed by atoms with Crippen LogP contribution >= 0.6 is 0 Å². The Morgan fingerprint density at radius 2 is 1.83 bits per heavy atom. The molecule has 0 bridgehead atoms. The van der Waals surface area contributed by atoms with E-state index in [1.165, 1.54) is 4.31 Å². The van der Waals surface area contributed by atoms with Gasteiger partial charge in [0.1, 0.15) is 4.90 Å². The van der Waals surface area contributed by atoms with E-state index in [2.05, 4.69) is 10.2 Å². The summed E-state index contributed by atoms with van der Waals surface area (Å²) in [7, 11) is -0.168. The predicted octanol–water partition coefficient (Wildman–Crippen LogP) is 1.77. The van der Waals surface area contributed by atoms with E-state index in [1.54, 1.807) is 23.3 Å². The molecular weight excluding hydrogens is 314 g/mol. The SMILES string of the molecule is CCCn1nc(C)c(S(=O)(=O)N(C)Cc2cn(C)nc2C)c1C. The van der Waals surface area contributed by atoms with E-state index in [1.807, 2.05) is 34.0 Å². The van der Waals surface area contributed by atoms with Crippen molar-refractivity contribution in [2.24, 2.45) is 7.05 Å². The third kappa shape index (κ3) is 3.32. The van der Waals surface area contributed by atoms with Gasteiger partial charge in [-0.05, 0) is 27.2 Å². The van der Waals surface area contributed by atoms with E-state index < -0.39 is 10.0 Å². The Bertz CT molecular complexity index is 804. The highest BCUT2D eigenvalue weighted by atomic mass is 32.2. The molecule has 0 atom stereocenters. The van der Waals surface area contributed by atoms with Gasteiger partial charge in [-0.1, -0.05) is 6.92 Å². The molecule has 0 amide bonds. The number of nitrogens with zero attached hydrogens (tertiary/aromatic N) is 5. The lowest BCUT2D eigenvalue weighted by Crippen LogP contribution is -2.27. The minimum Gasteiger partial charge on any atom is -0.275 e. The topological polar surface area (TPSA) is 73.0 Å². The van der Waals surface area contributed by atoms with Gasteiger partial charge in [0.15, 0.2) is 0 Å². The standard InChI is InChI=1S/C15H25N5O2S/c1-7-8-20-13(4)15(12(3)17-20)23(21,22)19(6)10-14-9-18(5)16-11(14)2/h9H,7-8,10H2,1-6H3. The van der Waals surface area contributed by atoms with E-state index >= 15 is 0 Å². The molecule has 128 valence electrons. The number of aryl methyl sites for hydroxylation is 4. The first-order valence-electron chi connectivity index (χ1n) is 7.68. The van der Waals surface area contributed by atoms with Gasteiger partial charge in [-0.25, -0.2) is 8.42 Å². The van der Waals surface area contributed by atoms with Crippen LogP contribution < -0.4 is 0 Å². The second-order valence-electron chi connectivity index (χ2n) is 5.90. The third-order valence-corrected chi connectivity index (χ3v) is 5.98. The maximum absolute atomic E-state index is 13.0. The molecule has 0 aliphatic carbocycles. The Morgan fingerprint density at radius 1 is 1.17 bits per heavy atom. The molecule has 0 aliphatic rings. The summed E-state index contributed by atoms with van der Waals surface area (Å²) >= 11 is 0. The van der Waals surface area contributed by atoms with E-state index in [9.17, 15) is 8.42 Å². The van der Waals surface area contributed by atoms with Gasteiger partial charge in [0, 0.05) is 38.9 Å². The smallest absolute Gasteiger partial charge is 0.246 e. The largest absolute Gasteiger partial charge is 0.275 e. The highest BCUT2D eigenvalue weighted by Crippen LogP contribution is 2.24. The zero-order valence-electron chi connectivity index (χ0n) is 14.7. The van der Waals surface area contributed by atoms with Crippen molar-refractivity contribution in [3.8, 4) is 0 Å². The average molecular weight is 339 g/mol. The van der Waals surface area contributed by atoms with E-state index in [0.29, 0.717) is 29.4 Å². The molecule has 0 fully saturated rings. The van der Waals surface area contributed by atoms with Crippen LogP contribution in [0.25, 0.3) is 0 Å². The van der Waals surface area contributed by atoms with Crippen molar-refractivity contribution in [3.63, 3.8) is 0 Å². The molecule has 2 heterocycles. The summed E-state index contributed by atoms with van der Waals surface area (Å²) in [6.07, 6.45) is 2.76. The quantitative estimate of drug-likeness (QED) is 0.804. The number of aromatic nitrogens is 4. The van der Waals surface area contributed by atoms with Crippen molar-refractivity contribution in [2.75, 3.05) is 7.05 Å². The Kier molecular flexibility index (Phi) is 4.95. The summed E-state index contributed by atoms with van der Waals surface area (Å²) in [4.78, 5) is 0.315. The van der Waals surface area contributed by atoms with Gasteiger partial charge in [-0.3, -0.25) is 9.36 Å². The van der Waals surface area contributed by atoms with Crippen LogP contribution in [0.5, 0.6) is 0 Å². The molecule has 23 heavy (non-hydrogen) atoms. The van der Waals surface area contributed by atoms with Crippen LogP contribution in [-0.2, 0) is 30.2 Å². The van der Waals surface area contributed by atoms with Gasteiger partial charge in [-0.15, -0.1) is 0 Å². The zero-order chi connectivity index (χ0) is 17.4. The Balaban J connectivity index is 2.36. The molecule has 0 saturated carbocycles. The van der Waals surface area contributed by atoms with Crippen LogP contribution in [0.15, 0.2) is 11.1 Å². The van der Waals surface area contributed by atoms with Gasteiger partial charge in [0.05, 0.1) is 17.1 Å². The summed E-state index contributed by atoms with van der Waals surface area (Å²) in [6.45, 7) is 8.49. The minimum absolute atomic E-state index is 0.292. The van der Waals surface area contributed by atoms with Gasteiger partial charge in [-0.2, -0.15) is 14.5 Å². The molecule has 0 aliphatic heterocycles. The maximum Gasteiger partial charge on any atom is 0.246 e. The van der Waals surface area contributed by atoms with E-state index in [0.717, 1.165) is 17.7 Å². The first-order chi connectivity index (χ1) is 10.7. The fourth-order valence-corrected chi connectivity index (χ4v) is 4.28. The summed E-state index contributed by atoms with van der Waals surface area (Å²) < 4.78 is 30.7. The monoisotopic (exact) mass is 339 g/mol. The zero-order valence-corrected chi connectivity index (χ0v) is 15.5. The number of hydrogen-bond acceptors (Lipinski definition) is 4. The molecule has 2 aromatic heterocycles. The first kappa shape index (κ1) is 17.7. The maximum atomic E-state index is 13.0. The minimum atomic E-state index is -3.59. The Labute approximate surface area is 138 Å². The van der Waals surface area contributed by atoms with Crippen LogP contribution in [0.1, 0.15) is 36.0 Å². The lowest BCUT2D eigenvalue weighted by molar-refractivity contribution is 0.464. The van der Waals surface area contributed by atoms with Crippen LogP contribution in [0.4, 0.5) is 0 Å². The first-order valence-corrected chi connectivity index (χ1v) is 9.12. The predicted molar refractivity (Wildman–Crippen MR) is 88.6 cm³/mol. The van der Waals surface area contributed by atoms with Gasteiger partial charge in [0.2, 0.25) is 10.0 Å². The van der Waals surface area contributed by atoms with Crippen molar-refractivity contribution in [1.29, 1.82) is 0 Å². The van der Waals surface area contributed by atoms with Crippen LogP contribution in [0.2, 0.25) is 0 Å². The highest BCUT2D eigenvalue weighted by molar-refractivity contribution is 7.89. The fourth-order valence-electron chi connectivity index (χ4n) is 2.77. The molecule has 0 saturated heterocycles. The number of rotatable bonds is 6. The number of sulfonamides is 1. The van der Waals surface area contributed by atoms with Crippen molar-refractivity contribution in [3.05, 3.63) is 28.8 Å². The van der Waals surface area contributed by atoms with Crippen molar-refractivity contribution in [1.82, 2.24) is 23.9 Å². The van der Waals surface area contributed by atoms with Crippen molar-refractivity contribution < 1.29 is 8.42 Å². The summed E-state index contributed by atoms with van der Waals surface area (Å²) in [6, 6.07) is 0.